The van der Waals surface area contributed by atoms with E-state index in [1.165, 1.54) is 28.8 Å². The van der Waals surface area contributed by atoms with Crippen molar-refractivity contribution >= 4 is 27.9 Å². The van der Waals surface area contributed by atoms with E-state index < -0.39 is 0 Å². The Kier molecular flexibility index (Phi) is 2.81. The zero-order chi connectivity index (χ0) is 13.4. The number of fused-ring (bicyclic) bond motifs is 3. The van der Waals surface area contributed by atoms with E-state index in [1.807, 2.05) is 22.3 Å². The van der Waals surface area contributed by atoms with Gasteiger partial charge in [-0.05, 0) is 47.2 Å². The molecule has 0 aliphatic heterocycles. The summed E-state index contributed by atoms with van der Waals surface area (Å²) in [6.07, 6.45) is 7.68. The first kappa shape index (κ1) is 11.7. The first-order valence-electron chi connectivity index (χ1n) is 6.81. The summed E-state index contributed by atoms with van der Waals surface area (Å²) in [5, 5.41) is 4.46. The van der Waals surface area contributed by atoms with Gasteiger partial charge in [-0.1, -0.05) is 39.9 Å². The first-order chi connectivity index (χ1) is 9.92. The molecule has 0 saturated heterocycles. The van der Waals surface area contributed by atoms with Gasteiger partial charge in [0.15, 0.2) is 5.69 Å². The summed E-state index contributed by atoms with van der Waals surface area (Å²) >= 11 is 1.58. The number of rotatable bonds is 1. The summed E-state index contributed by atoms with van der Waals surface area (Å²) in [7, 11) is 0. The Balaban J connectivity index is 1.93. The molecule has 1 aliphatic carbocycles. The standard InChI is InChI=1S/C16H14N3S/c1-2-5-12(6-3-1)9-13-7-4-8-14-10-17-16-19(15(13)14)18-11-20-16/h1-3,5-6,9-11H,4,7-8H2/q+1. The third kappa shape index (κ3) is 1.93. The minimum atomic E-state index is 0.963. The van der Waals surface area contributed by atoms with Crippen molar-refractivity contribution in [2.75, 3.05) is 0 Å². The highest BCUT2D eigenvalue weighted by atomic mass is 32.1. The molecule has 0 amide bonds. The summed E-state index contributed by atoms with van der Waals surface area (Å²) in [6.45, 7) is 0. The molecule has 1 aromatic carbocycles. The van der Waals surface area contributed by atoms with Crippen LogP contribution in [0.5, 0.6) is 0 Å². The van der Waals surface area contributed by atoms with Gasteiger partial charge in [-0.25, -0.2) is 0 Å². The smallest absolute Gasteiger partial charge is 0.0831 e. The van der Waals surface area contributed by atoms with Crippen LogP contribution in [-0.4, -0.2) is 10.1 Å². The molecule has 2 aromatic heterocycles. The highest BCUT2D eigenvalue weighted by Crippen LogP contribution is 2.29. The van der Waals surface area contributed by atoms with Crippen LogP contribution in [0.2, 0.25) is 0 Å². The molecule has 0 N–H and O–H groups in total. The zero-order valence-corrected chi connectivity index (χ0v) is 11.8. The number of hydrogen-bond acceptors (Lipinski definition) is 3. The average Bonchev–Trinajstić information content (AvgIpc) is 2.97. The maximum absolute atomic E-state index is 4.49. The van der Waals surface area contributed by atoms with Crippen LogP contribution in [0.25, 0.3) is 16.6 Å². The van der Waals surface area contributed by atoms with E-state index >= 15 is 0 Å². The van der Waals surface area contributed by atoms with Crippen molar-refractivity contribution in [3.63, 3.8) is 0 Å². The van der Waals surface area contributed by atoms with E-state index in [-0.39, 0.29) is 0 Å². The Bertz CT molecular complexity index is 790. The highest BCUT2D eigenvalue weighted by molar-refractivity contribution is 7.14. The van der Waals surface area contributed by atoms with Gasteiger partial charge in [0.05, 0.1) is 0 Å². The molecule has 0 spiro atoms. The topological polar surface area (TPSA) is 29.9 Å². The van der Waals surface area contributed by atoms with Gasteiger partial charge in [0.1, 0.15) is 11.7 Å². The predicted molar refractivity (Wildman–Crippen MR) is 80.3 cm³/mol. The molecule has 0 unspecified atom stereocenters. The van der Waals surface area contributed by atoms with Crippen molar-refractivity contribution in [3.05, 3.63) is 58.9 Å². The summed E-state index contributed by atoms with van der Waals surface area (Å²) in [5.41, 5.74) is 7.02. The first-order valence-corrected chi connectivity index (χ1v) is 7.69. The van der Waals surface area contributed by atoms with Crippen LogP contribution < -0.4 is 4.52 Å². The van der Waals surface area contributed by atoms with Crippen LogP contribution >= 0.6 is 11.3 Å². The number of benzene rings is 1. The van der Waals surface area contributed by atoms with Crippen LogP contribution in [0.1, 0.15) is 29.7 Å². The number of hydrogen-bond donors (Lipinski definition) is 0. The van der Waals surface area contributed by atoms with E-state index in [0.717, 1.165) is 17.8 Å². The Morgan fingerprint density at radius 2 is 2.05 bits per heavy atom. The lowest BCUT2D eigenvalue weighted by atomic mass is 9.91. The zero-order valence-electron chi connectivity index (χ0n) is 11.0. The van der Waals surface area contributed by atoms with Gasteiger partial charge < -0.3 is 0 Å². The highest BCUT2D eigenvalue weighted by Gasteiger charge is 2.25. The molecule has 0 atom stereocenters. The molecule has 0 fully saturated rings. The molecular weight excluding hydrogens is 266 g/mol. The number of aromatic nitrogens is 3. The van der Waals surface area contributed by atoms with Gasteiger partial charge in [0, 0.05) is 11.1 Å². The molecule has 0 saturated carbocycles. The molecule has 0 radical (unpaired) electrons. The second-order valence-electron chi connectivity index (χ2n) is 5.00. The quantitative estimate of drug-likeness (QED) is 0.641. The normalized spacial score (nSPS) is 16.5. The summed E-state index contributed by atoms with van der Waals surface area (Å²) in [5.74, 6) is 0. The van der Waals surface area contributed by atoms with Gasteiger partial charge in [-0.2, -0.15) is 0 Å². The van der Waals surface area contributed by atoms with Crippen molar-refractivity contribution in [2.45, 2.75) is 19.3 Å². The predicted octanol–water partition coefficient (Wildman–Crippen LogP) is 3.15. The largest absolute Gasteiger partial charge is 0.409 e. The van der Waals surface area contributed by atoms with Crippen molar-refractivity contribution in [3.8, 4) is 0 Å². The molecule has 4 heteroatoms. The summed E-state index contributed by atoms with van der Waals surface area (Å²) in [6, 6.07) is 10.5. The molecule has 3 aromatic rings. The lowest BCUT2D eigenvalue weighted by Crippen LogP contribution is -2.32. The fourth-order valence-electron chi connectivity index (χ4n) is 2.79. The van der Waals surface area contributed by atoms with Gasteiger partial charge in [-0.15, -0.1) is 0 Å². The van der Waals surface area contributed by atoms with Crippen molar-refractivity contribution in [1.82, 2.24) is 10.1 Å². The van der Waals surface area contributed by atoms with Gasteiger partial charge in [-0.3, -0.25) is 0 Å². The lowest BCUT2D eigenvalue weighted by molar-refractivity contribution is -0.581. The molecule has 4 rings (SSSR count). The fraction of sp³-hybridized carbons (Fsp3) is 0.188. The monoisotopic (exact) mass is 280 g/mol. The Morgan fingerprint density at radius 1 is 1.15 bits per heavy atom. The molecular formula is C16H14N3S+. The maximum atomic E-state index is 4.49. The van der Waals surface area contributed by atoms with Gasteiger partial charge in [0.25, 0.3) is 0 Å². The third-order valence-corrected chi connectivity index (χ3v) is 4.37. The van der Waals surface area contributed by atoms with E-state index in [1.54, 1.807) is 11.3 Å². The molecule has 20 heavy (non-hydrogen) atoms. The Hall–Kier alpha value is -2.07. The fourth-order valence-corrected chi connectivity index (χ4v) is 3.38. The average molecular weight is 280 g/mol. The SMILES string of the molecule is C(=C1CCCc2cnc3scn[n+]3c21)c1ccccc1. The van der Waals surface area contributed by atoms with Crippen LogP contribution in [0.3, 0.4) is 0 Å². The minimum absolute atomic E-state index is 0.963. The molecule has 0 bridgehead atoms. The number of nitrogens with zero attached hydrogens (tertiary/aromatic N) is 3. The van der Waals surface area contributed by atoms with Crippen LogP contribution in [0.15, 0.2) is 42.0 Å². The number of aryl methyl sites for hydroxylation is 1. The molecule has 98 valence electrons. The third-order valence-electron chi connectivity index (χ3n) is 3.69. The van der Waals surface area contributed by atoms with Crippen LogP contribution in [0.4, 0.5) is 0 Å². The van der Waals surface area contributed by atoms with E-state index in [0.29, 0.717) is 0 Å². The number of allylic oxidation sites excluding steroid dienone is 1. The summed E-state index contributed by atoms with van der Waals surface area (Å²) in [4.78, 5) is 5.45. The van der Waals surface area contributed by atoms with Crippen molar-refractivity contribution < 1.29 is 4.52 Å². The second-order valence-corrected chi connectivity index (χ2v) is 5.81. The molecule has 3 nitrogen and oxygen atoms in total. The van der Waals surface area contributed by atoms with E-state index in [9.17, 15) is 0 Å². The second kappa shape index (κ2) is 4.80. The lowest BCUT2D eigenvalue weighted by Gasteiger charge is -2.14. The molecule has 1 aliphatic rings. The Labute approximate surface area is 121 Å². The van der Waals surface area contributed by atoms with Crippen LogP contribution in [0, 0.1) is 0 Å². The minimum Gasteiger partial charge on any atom is -0.0831 e. The van der Waals surface area contributed by atoms with Crippen molar-refractivity contribution in [2.24, 2.45) is 0 Å². The Morgan fingerprint density at radius 3 is 2.95 bits per heavy atom. The summed E-state index contributed by atoms with van der Waals surface area (Å²) < 4.78 is 1.99. The van der Waals surface area contributed by atoms with Gasteiger partial charge >= 0.3 is 4.96 Å². The van der Waals surface area contributed by atoms with E-state index in [2.05, 4.69) is 40.4 Å². The van der Waals surface area contributed by atoms with Gasteiger partial charge in [0.2, 0.25) is 0 Å². The van der Waals surface area contributed by atoms with Crippen molar-refractivity contribution in [1.29, 1.82) is 0 Å². The maximum Gasteiger partial charge on any atom is 0.409 e. The van der Waals surface area contributed by atoms with E-state index in [4.69, 9.17) is 0 Å². The molecule has 2 heterocycles. The van der Waals surface area contributed by atoms with Crippen LogP contribution in [-0.2, 0) is 6.42 Å².